The second kappa shape index (κ2) is 16.0. The number of hydrogen-bond donors (Lipinski definition) is 14. The summed E-state index contributed by atoms with van der Waals surface area (Å²) in [7, 11) is 0. The number of hydrogen-bond acceptors (Lipinski definition) is 14. The monoisotopic (exact) mass is 847 g/mol. The van der Waals surface area contributed by atoms with Gasteiger partial charge in [0.05, 0.1) is 0 Å². The van der Waals surface area contributed by atoms with Crippen molar-refractivity contribution in [3.8, 4) is 40.2 Å². The molecule has 14 nitrogen and oxygen atoms in total. The molecule has 0 unspecified atom stereocenters. The molecule has 0 atom stereocenters. The van der Waals surface area contributed by atoms with E-state index in [1.54, 1.807) is 84.9 Å². The largest absolute Gasteiger partial charge is 0.507 e. The van der Waals surface area contributed by atoms with Crippen molar-refractivity contribution in [2.24, 2.45) is 0 Å². The number of anilines is 7. The van der Waals surface area contributed by atoms with E-state index in [1.165, 1.54) is 0 Å². The Kier molecular flexibility index (Phi) is 10.5. The first-order chi connectivity index (χ1) is 29.9. The molecule has 0 spiro atoms. The van der Waals surface area contributed by atoms with E-state index < -0.39 is 0 Å². The number of benzene rings is 7. The maximum Gasteiger partial charge on any atom is 0.122 e. The van der Waals surface area contributed by atoms with Crippen LogP contribution in [0.2, 0.25) is 0 Å². The molecule has 0 saturated heterocycles. The van der Waals surface area contributed by atoms with E-state index in [2.05, 4.69) is 0 Å². The molecule has 322 valence electrons. The predicted octanol–water partition coefficient (Wildman–Crippen LogP) is 6.15. The summed E-state index contributed by atoms with van der Waals surface area (Å²) in [5, 5.41) is 81.7. The Hall–Kier alpha value is -8.26. The van der Waals surface area contributed by atoms with Crippen LogP contribution in [0.25, 0.3) is 0 Å². The molecule has 14 heteroatoms. The van der Waals surface area contributed by atoms with Gasteiger partial charge in [-0.2, -0.15) is 0 Å². The van der Waals surface area contributed by atoms with Crippen molar-refractivity contribution in [1.29, 1.82) is 0 Å². The summed E-state index contributed by atoms with van der Waals surface area (Å²) in [6.07, 6.45) is 0.0841. The summed E-state index contributed by atoms with van der Waals surface area (Å²) >= 11 is 0. The molecule has 0 saturated carbocycles. The smallest absolute Gasteiger partial charge is 0.122 e. The SMILES string of the molecule is Nc1cc2c(O)c(c1)Cc1cc(N)cc(c1O)Cc1cc(N)cc(c1O)Cc1cc(N)cc(c1O)Cc1cc(N)cc(c1O)Cc1cc(N)cc(c1O)Cc1cc(N)cc(c1O)C2. The fourth-order valence-corrected chi connectivity index (χ4v) is 8.83. The lowest BCUT2D eigenvalue weighted by Crippen LogP contribution is -2.04. The molecule has 7 aromatic carbocycles. The summed E-state index contributed by atoms with van der Waals surface area (Å²) in [4.78, 5) is 0. The van der Waals surface area contributed by atoms with Crippen LogP contribution < -0.4 is 40.1 Å². The third kappa shape index (κ3) is 8.29. The van der Waals surface area contributed by atoms with Gasteiger partial charge in [-0.15, -0.1) is 0 Å². The number of phenolic OH excluding ortho intramolecular Hbond substituents is 7. The third-order valence-corrected chi connectivity index (χ3v) is 11.7. The van der Waals surface area contributed by atoms with Crippen LogP contribution in [0.4, 0.5) is 39.8 Å². The molecule has 0 fully saturated rings. The zero-order chi connectivity index (χ0) is 45.0. The van der Waals surface area contributed by atoms with E-state index >= 15 is 0 Å². The molecule has 0 aliphatic heterocycles. The number of nitrogen functional groups attached to an aromatic ring is 7. The summed E-state index contributed by atoms with van der Waals surface area (Å²) < 4.78 is 0. The number of aromatic hydroxyl groups is 7. The van der Waals surface area contributed by atoms with Gasteiger partial charge >= 0.3 is 0 Å². The highest BCUT2D eigenvalue weighted by Gasteiger charge is 2.23. The van der Waals surface area contributed by atoms with Crippen LogP contribution in [0, 0.1) is 0 Å². The molecule has 0 aromatic heterocycles. The van der Waals surface area contributed by atoms with Crippen LogP contribution in [-0.4, -0.2) is 35.7 Å². The summed E-state index contributed by atoms with van der Waals surface area (Å²) in [6.45, 7) is 0. The number of rotatable bonds is 0. The molecular weight excluding hydrogens is 799 g/mol. The highest BCUT2D eigenvalue weighted by atomic mass is 16.3. The van der Waals surface area contributed by atoms with E-state index in [0.29, 0.717) is 118 Å². The molecule has 1 aliphatic carbocycles. The minimum absolute atomic E-state index is 0.0120. The normalized spacial score (nSPS) is 12.9. The zero-order valence-corrected chi connectivity index (χ0v) is 34.2. The van der Waals surface area contributed by atoms with Crippen LogP contribution in [0.3, 0.4) is 0 Å². The quantitative estimate of drug-likeness (QED) is 0.0601. The van der Waals surface area contributed by atoms with Gasteiger partial charge in [-0.05, 0) is 84.9 Å². The Bertz CT molecular complexity index is 2280. The van der Waals surface area contributed by atoms with Crippen LogP contribution in [0.5, 0.6) is 40.2 Å². The van der Waals surface area contributed by atoms with Crippen molar-refractivity contribution >= 4 is 39.8 Å². The Morgan fingerprint density at radius 2 is 0.270 bits per heavy atom. The van der Waals surface area contributed by atoms with Crippen molar-refractivity contribution in [2.75, 3.05) is 40.1 Å². The van der Waals surface area contributed by atoms with Crippen molar-refractivity contribution < 1.29 is 35.7 Å². The van der Waals surface area contributed by atoms with Gasteiger partial charge in [0, 0.05) is 163 Å². The molecule has 8 rings (SSSR count). The number of phenols is 7. The Morgan fingerprint density at radius 1 is 0.190 bits per heavy atom. The first kappa shape index (κ1) is 41.5. The van der Waals surface area contributed by atoms with E-state index in [0.717, 1.165) is 0 Å². The van der Waals surface area contributed by atoms with Crippen LogP contribution >= 0.6 is 0 Å². The lowest BCUT2D eigenvalue weighted by atomic mass is 9.90. The van der Waals surface area contributed by atoms with Gasteiger partial charge in [-0.1, -0.05) is 0 Å². The minimum atomic E-state index is -0.124. The fraction of sp³-hybridized carbons (Fsp3) is 0.143. The number of fused-ring (bicyclic) bond motifs is 14. The highest BCUT2D eigenvalue weighted by Crippen LogP contribution is 2.42. The highest BCUT2D eigenvalue weighted by molar-refractivity contribution is 5.66. The van der Waals surface area contributed by atoms with Gasteiger partial charge in [-0.25, -0.2) is 0 Å². The Labute approximate surface area is 362 Å². The van der Waals surface area contributed by atoms with Crippen molar-refractivity contribution in [3.63, 3.8) is 0 Å². The summed E-state index contributed by atoms with van der Waals surface area (Å²) in [5.41, 5.74) is 52.1. The van der Waals surface area contributed by atoms with Crippen molar-refractivity contribution in [3.05, 3.63) is 163 Å². The maximum atomic E-state index is 11.7. The molecule has 0 heterocycles. The average molecular weight is 848 g/mol. The van der Waals surface area contributed by atoms with E-state index in [1.807, 2.05) is 0 Å². The standard InChI is InChI=1S/C49H49N7O7/c50-36-8-22-1-23-9-37(51)11-25(44(23)58)3-27-13-39(53)15-29(46(27)60)5-31-17-41(55)19-33(48(31)62)7-35-21-42(56)20-34(49(35)63)6-32-18-40(54)16-30(47(32)61)4-28-14-38(52)12-26(45(28)59)2-24(10-36)43(22)57/h8-21,57-63H,1-7,50-56H2. The minimum Gasteiger partial charge on any atom is -0.507 e. The molecule has 21 N–H and O–H groups in total. The first-order valence-corrected chi connectivity index (χ1v) is 20.1. The Morgan fingerprint density at radius 3 is 0.349 bits per heavy atom. The lowest BCUT2D eigenvalue weighted by Gasteiger charge is -2.18. The molecule has 1 aliphatic rings. The fourth-order valence-electron chi connectivity index (χ4n) is 8.83. The molecule has 14 bridgehead atoms. The van der Waals surface area contributed by atoms with Gasteiger partial charge in [0.15, 0.2) is 0 Å². The molecule has 63 heavy (non-hydrogen) atoms. The van der Waals surface area contributed by atoms with Crippen molar-refractivity contribution in [1.82, 2.24) is 0 Å². The van der Waals surface area contributed by atoms with Gasteiger partial charge in [0.1, 0.15) is 40.2 Å². The Balaban J connectivity index is 1.30. The van der Waals surface area contributed by atoms with Crippen LogP contribution in [0.1, 0.15) is 77.9 Å². The first-order valence-electron chi connectivity index (χ1n) is 20.1. The van der Waals surface area contributed by atoms with Crippen LogP contribution in [-0.2, 0) is 44.9 Å². The lowest BCUT2D eigenvalue weighted by molar-refractivity contribution is 0.452. The summed E-state index contributed by atoms with van der Waals surface area (Å²) in [6, 6.07) is 22.2. The van der Waals surface area contributed by atoms with Gasteiger partial charge in [0.25, 0.3) is 0 Å². The van der Waals surface area contributed by atoms with Crippen LogP contribution in [0.15, 0.2) is 84.9 Å². The molecule has 0 radical (unpaired) electrons. The van der Waals surface area contributed by atoms with E-state index in [4.69, 9.17) is 40.1 Å². The second-order valence-electron chi connectivity index (χ2n) is 16.6. The molecule has 0 amide bonds. The topological polar surface area (TPSA) is 324 Å². The third-order valence-electron chi connectivity index (χ3n) is 11.7. The predicted molar refractivity (Wildman–Crippen MR) is 247 cm³/mol. The summed E-state index contributed by atoms with van der Waals surface area (Å²) in [5.74, 6) is -0.867. The van der Waals surface area contributed by atoms with Gasteiger partial charge in [-0.3, -0.25) is 0 Å². The zero-order valence-electron chi connectivity index (χ0n) is 34.2. The van der Waals surface area contributed by atoms with E-state index in [9.17, 15) is 35.7 Å². The second-order valence-corrected chi connectivity index (χ2v) is 16.6. The number of nitrogens with two attached hydrogens (primary N) is 7. The average Bonchev–Trinajstić information content (AvgIpc) is 3.20. The molecular formula is C49H49N7O7. The van der Waals surface area contributed by atoms with Gasteiger partial charge in [0.2, 0.25) is 0 Å². The van der Waals surface area contributed by atoms with Crippen molar-refractivity contribution in [2.45, 2.75) is 44.9 Å². The maximum absolute atomic E-state index is 11.7. The molecule has 7 aromatic rings. The van der Waals surface area contributed by atoms with E-state index in [-0.39, 0.29) is 85.2 Å². The van der Waals surface area contributed by atoms with Gasteiger partial charge < -0.3 is 75.9 Å².